The van der Waals surface area contributed by atoms with E-state index in [1.807, 2.05) is 6.92 Å². The van der Waals surface area contributed by atoms with E-state index in [9.17, 15) is 4.79 Å². The zero-order valence-electron chi connectivity index (χ0n) is 10.4. The van der Waals surface area contributed by atoms with Gasteiger partial charge in [0.2, 0.25) is 0 Å². The summed E-state index contributed by atoms with van der Waals surface area (Å²) in [7, 11) is 2.67. The van der Waals surface area contributed by atoms with Crippen molar-refractivity contribution in [3.8, 4) is 0 Å². The van der Waals surface area contributed by atoms with Crippen LogP contribution in [0.3, 0.4) is 0 Å². The van der Waals surface area contributed by atoms with Crippen LogP contribution in [0, 0.1) is 0 Å². The van der Waals surface area contributed by atoms with E-state index in [2.05, 4.69) is 22.2 Å². The van der Waals surface area contributed by atoms with E-state index in [1.165, 1.54) is 5.57 Å². The normalized spacial score (nSPS) is 13.6. The van der Waals surface area contributed by atoms with Gasteiger partial charge in [-0.3, -0.25) is 4.79 Å². The van der Waals surface area contributed by atoms with Gasteiger partial charge in [-0.15, -0.1) is 9.24 Å². The molecule has 0 amide bonds. The summed E-state index contributed by atoms with van der Waals surface area (Å²) >= 11 is 0. The zero-order chi connectivity index (χ0) is 12.4. The Morgan fingerprint density at radius 2 is 2.25 bits per heavy atom. The smallest absolute Gasteiger partial charge is 0.305 e. The van der Waals surface area contributed by atoms with Gasteiger partial charge in [0.25, 0.3) is 0 Å². The lowest BCUT2D eigenvalue weighted by Gasteiger charge is -2.08. The summed E-state index contributed by atoms with van der Waals surface area (Å²) in [4.78, 5) is 11.2. The molecule has 0 aromatic heterocycles. The second-order valence-electron chi connectivity index (χ2n) is 3.99. The number of carbonyl (C=O) groups is 1. The monoisotopic (exact) mass is 245 g/mol. The highest BCUT2D eigenvalue weighted by atomic mass is 31.0. The Morgan fingerprint density at radius 3 is 2.81 bits per heavy atom. The van der Waals surface area contributed by atoms with Gasteiger partial charge >= 0.3 is 5.97 Å². The van der Waals surface area contributed by atoms with Crippen molar-refractivity contribution in [1.82, 2.24) is 0 Å². The maximum Gasteiger partial charge on any atom is 0.305 e. The van der Waals surface area contributed by atoms with Gasteiger partial charge in [0.15, 0.2) is 0 Å². The van der Waals surface area contributed by atoms with Gasteiger partial charge in [-0.1, -0.05) is 18.6 Å². The van der Waals surface area contributed by atoms with E-state index in [4.69, 9.17) is 10.5 Å². The summed E-state index contributed by atoms with van der Waals surface area (Å²) in [5.74, 6) is -0.110. The topological polar surface area (TPSA) is 52.3 Å². The van der Waals surface area contributed by atoms with E-state index in [1.54, 1.807) is 0 Å². The Labute approximate surface area is 101 Å². The molecule has 0 heterocycles. The maximum absolute atomic E-state index is 11.2. The molecule has 2 N–H and O–H groups in total. The van der Waals surface area contributed by atoms with Crippen LogP contribution in [0.5, 0.6) is 0 Å². The molecule has 0 saturated carbocycles. The first kappa shape index (κ1) is 15.6. The largest absolute Gasteiger partial charge is 0.466 e. The summed E-state index contributed by atoms with van der Waals surface area (Å²) in [6, 6.07) is 0.0551. The van der Waals surface area contributed by atoms with Crippen molar-refractivity contribution < 1.29 is 9.53 Å². The van der Waals surface area contributed by atoms with Crippen molar-refractivity contribution in [1.29, 1.82) is 0 Å². The lowest BCUT2D eigenvalue weighted by atomic mass is 10.1. The van der Waals surface area contributed by atoms with Crippen LogP contribution in [-0.4, -0.2) is 24.8 Å². The number of nitrogens with two attached hydrogens (primary N) is 1. The lowest BCUT2D eigenvalue weighted by Crippen LogP contribution is -2.18. The summed E-state index contributed by atoms with van der Waals surface area (Å²) in [6.45, 7) is 4.57. The van der Waals surface area contributed by atoms with E-state index in [0.29, 0.717) is 13.0 Å². The lowest BCUT2D eigenvalue weighted by molar-refractivity contribution is -0.143. The molecule has 0 aromatic rings. The van der Waals surface area contributed by atoms with Crippen LogP contribution in [0.25, 0.3) is 0 Å². The first-order valence-corrected chi connectivity index (χ1v) is 6.70. The van der Waals surface area contributed by atoms with E-state index >= 15 is 0 Å². The number of carbonyl (C=O) groups excluding carboxylic acids is 1. The van der Waals surface area contributed by atoms with Crippen molar-refractivity contribution in [3.05, 3.63) is 11.6 Å². The molecule has 3 nitrogen and oxygen atoms in total. The Balaban J connectivity index is 3.61. The summed E-state index contributed by atoms with van der Waals surface area (Å²) in [5.41, 5.74) is 7.17. The van der Waals surface area contributed by atoms with Gasteiger partial charge in [-0.25, -0.2) is 0 Å². The third kappa shape index (κ3) is 8.87. The van der Waals surface area contributed by atoms with Crippen LogP contribution >= 0.6 is 9.24 Å². The Morgan fingerprint density at radius 1 is 1.56 bits per heavy atom. The van der Waals surface area contributed by atoms with Crippen molar-refractivity contribution in [2.24, 2.45) is 5.73 Å². The van der Waals surface area contributed by atoms with Gasteiger partial charge in [0.1, 0.15) is 0 Å². The molecule has 0 radical (unpaired) electrons. The minimum absolute atomic E-state index is 0.0551. The molecule has 4 heteroatoms. The molecule has 94 valence electrons. The molecule has 0 saturated heterocycles. The third-order valence-corrected chi connectivity index (χ3v) is 2.85. The molecule has 2 atom stereocenters. The average molecular weight is 245 g/mol. The van der Waals surface area contributed by atoms with Crippen molar-refractivity contribution in [2.75, 3.05) is 12.8 Å². The Hall–Kier alpha value is -0.400. The van der Waals surface area contributed by atoms with E-state index < -0.39 is 0 Å². The zero-order valence-corrected chi connectivity index (χ0v) is 11.5. The molecule has 0 bridgehead atoms. The van der Waals surface area contributed by atoms with Crippen LogP contribution in [0.15, 0.2) is 11.6 Å². The first-order chi connectivity index (χ1) is 7.60. The predicted molar refractivity (Wildman–Crippen MR) is 71.4 cm³/mol. The fraction of sp³-hybridized carbons (Fsp3) is 0.750. The van der Waals surface area contributed by atoms with Gasteiger partial charge < -0.3 is 10.5 Å². The SMILES string of the molecule is CCCOC(=O)CCCC(N)C=C(C)CP. The minimum atomic E-state index is -0.110. The Kier molecular flexibility index (Phi) is 9.55. The molecular weight excluding hydrogens is 221 g/mol. The number of esters is 1. The molecule has 0 fully saturated rings. The highest BCUT2D eigenvalue weighted by Crippen LogP contribution is 2.06. The molecular formula is C12H24NO2P. The summed E-state index contributed by atoms with van der Waals surface area (Å²) in [6.07, 6.45) is 5.99. The first-order valence-electron chi connectivity index (χ1n) is 5.88. The van der Waals surface area contributed by atoms with Crippen LogP contribution in [0.4, 0.5) is 0 Å². The van der Waals surface area contributed by atoms with Gasteiger partial charge in [-0.2, -0.15) is 0 Å². The van der Waals surface area contributed by atoms with E-state index in [-0.39, 0.29) is 12.0 Å². The van der Waals surface area contributed by atoms with E-state index in [0.717, 1.165) is 25.4 Å². The molecule has 0 aliphatic rings. The second-order valence-corrected chi connectivity index (χ2v) is 4.40. The fourth-order valence-corrected chi connectivity index (χ4v) is 1.42. The van der Waals surface area contributed by atoms with Crippen molar-refractivity contribution >= 4 is 15.2 Å². The van der Waals surface area contributed by atoms with Crippen LogP contribution in [0.2, 0.25) is 0 Å². The highest BCUT2D eigenvalue weighted by molar-refractivity contribution is 7.16. The Bertz CT molecular complexity index is 229. The number of hydrogen-bond donors (Lipinski definition) is 1. The fourth-order valence-electron chi connectivity index (χ4n) is 1.29. The second kappa shape index (κ2) is 9.80. The minimum Gasteiger partial charge on any atom is -0.466 e. The van der Waals surface area contributed by atoms with Gasteiger partial charge in [0.05, 0.1) is 6.61 Å². The molecule has 16 heavy (non-hydrogen) atoms. The third-order valence-electron chi connectivity index (χ3n) is 2.21. The number of rotatable bonds is 8. The quantitative estimate of drug-likeness (QED) is 0.405. The van der Waals surface area contributed by atoms with Crippen molar-refractivity contribution in [2.45, 2.75) is 45.6 Å². The average Bonchev–Trinajstić information content (AvgIpc) is 2.26. The van der Waals surface area contributed by atoms with Crippen molar-refractivity contribution in [3.63, 3.8) is 0 Å². The maximum atomic E-state index is 11.2. The molecule has 0 aliphatic heterocycles. The number of ether oxygens (including phenoxy) is 1. The predicted octanol–water partition coefficient (Wildman–Crippen LogP) is 2.26. The number of allylic oxidation sites excluding steroid dienone is 1. The van der Waals surface area contributed by atoms with Gasteiger partial charge in [-0.05, 0) is 32.3 Å². The van der Waals surface area contributed by atoms with Gasteiger partial charge in [0, 0.05) is 12.5 Å². The molecule has 0 aliphatic carbocycles. The molecule has 0 spiro atoms. The summed E-state index contributed by atoms with van der Waals surface area (Å²) in [5, 5.41) is 0. The summed E-state index contributed by atoms with van der Waals surface area (Å²) < 4.78 is 4.98. The van der Waals surface area contributed by atoms with Crippen LogP contribution in [-0.2, 0) is 9.53 Å². The molecule has 0 aromatic carbocycles. The van der Waals surface area contributed by atoms with Crippen LogP contribution in [0.1, 0.15) is 39.5 Å². The standard InChI is InChI=1S/C12H24NO2P/c1-3-7-15-12(14)6-4-5-11(13)8-10(2)9-16/h8,11H,3-7,9,13,16H2,1-2H3. The highest BCUT2D eigenvalue weighted by Gasteiger charge is 2.04. The molecule has 0 rings (SSSR count). The van der Waals surface area contributed by atoms with Crippen LogP contribution < -0.4 is 5.73 Å². The molecule has 2 unspecified atom stereocenters. The number of hydrogen-bond acceptors (Lipinski definition) is 3.